The fraction of sp³-hybridized carbons (Fsp3) is 0.545. The first-order valence-corrected chi connectivity index (χ1v) is 5.71. The molecule has 18 heavy (non-hydrogen) atoms. The molecule has 1 rings (SSSR count). The van der Waals surface area contributed by atoms with E-state index in [1.807, 2.05) is 6.92 Å². The molecule has 0 saturated heterocycles. The minimum absolute atomic E-state index is 0.0774. The first kappa shape index (κ1) is 14.2. The molecule has 0 aromatic carbocycles. The van der Waals surface area contributed by atoms with Gasteiger partial charge in [0.1, 0.15) is 5.82 Å². The second-order valence-corrected chi connectivity index (χ2v) is 4.20. The van der Waals surface area contributed by atoms with Crippen molar-refractivity contribution in [2.24, 2.45) is 0 Å². The van der Waals surface area contributed by atoms with Gasteiger partial charge in [0.15, 0.2) is 0 Å². The third-order valence-corrected chi connectivity index (χ3v) is 2.40. The van der Waals surface area contributed by atoms with Gasteiger partial charge in [-0.05, 0) is 26.3 Å². The third-order valence-electron chi connectivity index (χ3n) is 2.40. The van der Waals surface area contributed by atoms with Crippen molar-refractivity contribution in [1.82, 2.24) is 4.98 Å². The number of aliphatic hydroxyl groups excluding tert-OH is 1. The van der Waals surface area contributed by atoms with Crippen LogP contribution < -0.4 is 10.6 Å². The monoisotopic (exact) mass is 254 g/mol. The second-order valence-electron chi connectivity index (χ2n) is 4.20. The lowest BCUT2D eigenvalue weighted by Crippen LogP contribution is -2.22. The van der Waals surface area contributed by atoms with Crippen LogP contribution in [-0.2, 0) is 0 Å². The zero-order valence-electron chi connectivity index (χ0n) is 10.7. The van der Waals surface area contributed by atoms with Gasteiger partial charge in [0.25, 0.3) is 0 Å². The van der Waals surface area contributed by atoms with E-state index < -0.39 is 11.0 Å². The SMILES string of the molecule is CNc1ccc([N+](=O)[O-])c(NC(C)CC(C)O)n1. The topological polar surface area (TPSA) is 100 Å². The van der Waals surface area contributed by atoms with Gasteiger partial charge in [-0.3, -0.25) is 10.1 Å². The van der Waals surface area contributed by atoms with E-state index in [9.17, 15) is 15.2 Å². The second kappa shape index (κ2) is 6.15. The molecule has 7 heteroatoms. The Bertz CT molecular complexity index is 423. The summed E-state index contributed by atoms with van der Waals surface area (Å²) in [7, 11) is 1.69. The Kier molecular flexibility index (Phi) is 4.85. The molecule has 1 aromatic rings. The number of nitrogens with one attached hydrogen (secondary N) is 2. The highest BCUT2D eigenvalue weighted by atomic mass is 16.6. The number of aliphatic hydroxyl groups is 1. The number of pyridine rings is 1. The van der Waals surface area contributed by atoms with Crippen LogP contribution in [0.2, 0.25) is 0 Å². The van der Waals surface area contributed by atoms with Crippen LogP contribution in [0.4, 0.5) is 17.3 Å². The highest BCUT2D eigenvalue weighted by Gasteiger charge is 2.18. The number of nitro groups is 1. The summed E-state index contributed by atoms with van der Waals surface area (Å²) in [4.78, 5) is 14.5. The van der Waals surface area contributed by atoms with Crippen LogP contribution in [0.25, 0.3) is 0 Å². The minimum atomic E-state index is -0.482. The van der Waals surface area contributed by atoms with Crippen molar-refractivity contribution in [2.45, 2.75) is 32.4 Å². The molecule has 0 spiro atoms. The van der Waals surface area contributed by atoms with Crippen LogP contribution in [0.1, 0.15) is 20.3 Å². The van der Waals surface area contributed by atoms with Gasteiger partial charge in [-0.25, -0.2) is 4.98 Å². The van der Waals surface area contributed by atoms with Crippen molar-refractivity contribution >= 4 is 17.3 Å². The number of nitrogens with zero attached hydrogens (tertiary/aromatic N) is 2. The van der Waals surface area contributed by atoms with Crippen molar-refractivity contribution in [1.29, 1.82) is 0 Å². The Labute approximate surface area is 105 Å². The quantitative estimate of drug-likeness (QED) is 0.526. The van der Waals surface area contributed by atoms with Crippen LogP contribution in [0, 0.1) is 10.1 Å². The molecule has 0 saturated carbocycles. The van der Waals surface area contributed by atoms with E-state index in [0.717, 1.165) is 0 Å². The van der Waals surface area contributed by atoms with Gasteiger partial charge in [0.2, 0.25) is 5.82 Å². The van der Waals surface area contributed by atoms with Crippen LogP contribution in [0.5, 0.6) is 0 Å². The average molecular weight is 254 g/mol. The van der Waals surface area contributed by atoms with Crippen molar-refractivity contribution in [3.8, 4) is 0 Å². The smallest absolute Gasteiger partial charge is 0.311 e. The Hall–Kier alpha value is -1.89. The Morgan fingerprint density at radius 3 is 2.67 bits per heavy atom. The van der Waals surface area contributed by atoms with Gasteiger partial charge in [-0.15, -0.1) is 0 Å². The third kappa shape index (κ3) is 3.85. The zero-order chi connectivity index (χ0) is 13.7. The van der Waals surface area contributed by atoms with E-state index in [-0.39, 0.29) is 17.5 Å². The summed E-state index contributed by atoms with van der Waals surface area (Å²) in [5.74, 6) is 0.757. The fourth-order valence-corrected chi connectivity index (χ4v) is 1.65. The number of hydrogen-bond donors (Lipinski definition) is 3. The number of aromatic nitrogens is 1. The van der Waals surface area contributed by atoms with E-state index in [1.54, 1.807) is 20.0 Å². The normalized spacial score (nSPS) is 13.8. The predicted octanol–water partition coefficient (Wildman–Crippen LogP) is 1.60. The summed E-state index contributed by atoms with van der Waals surface area (Å²) in [6.07, 6.45) is 0.0156. The first-order chi connectivity index (χ1) is 8.43. The molecule has 7 nitrogen and oxygen atoms in total. The molecule has 0 radical (unpaired) electrons. The summed E-state index contributed by atoms with van der Waals surface area (Å²) in [6.45, 7) is 3.51. The molecule has 0 aliphatic heterocycles. The van der Waals surface area contributed by atoms with Crippen molar-refractivity contribution in [2.75, 3.05) is 17.7 Å². The Morgan fingerprint density at radius 1 is 1.50 bits per heavy atom. The Balaban J connectivity index is 2.93. The first-order valence-electron chi connectivity index (χ1n) is 5.71. The fourth-order valence-electron chi connectivity index (χ4n) is 1.65. The maximum atomic E-state index is 10.9. The summed E-state index contributed by atoms with van der Waals surface area (Å²) < 4.78 is 0. The maximum absolute atomic E-state index is 10.9. The van der Waals surface area contributed by atoms with Gasteiger partial charge in [-0.1, -0.05) is 0 Å². The number of anilines is 2. The molecule has 0 aliphatic carbocycles. The lowest BCUT2D eigenvalue weighted by Gasteiger charge is -2.16. The standard InChI is InChI=1S/C11H18N4O3/c1-7(6-8(2)16)13-11-9(15(17)18)4-5-10(12-3)14-11/h4-5,7-8,16H,6H2,1-3H3,(H2,12,13,14). The summed E-state index contributed by atoms with van der Waals surface area (Å²) >= 11 is 0. The predicted molar refractivity (Wildman–Crippen MR) is 69.8 cm³/mol. The van der Waals surface area contributed by atoms with Gasteiger partial charge >= 0.3 is 5.69 Å². The van der Waals surface area contributed by atoms with Crippen LogP contribution in [0.15, 0.2) is 12.1 Å². The summed E-state index contributed by atoms with van der Waals surface area (Å²) in [5.41, 5.74) is -0.0774. The number of hydrogen-bond acceptors (Lipinski definition) is 6. The largest absolute Gasteiger partial charge is 0.393 e. The highest BCUT2D eigenvalue weighted by molar-refractivity contribution is 5.60. The lowest BCUT2D eigenvalue weighted by molar-refractivity contribution is -0.384. The van der Waals surface area contributed by atoms with Gasteiger partial charge in [-0.2, -0.15) is 0 Å². The van der Waals surface area contributed by atoms with Gasteiger partial charge < -0.3 is 15.7 Å². The molecule has 0 fully saturated rings. The van der Waals surface area contributed by atoms with Gasteiger partial charge in [0, 0.05) is 19.2 Å². The summed E-state index contributed by atoms with van der Waals surface area (Å²) in [6, 6.07) is 2.84. The van der Waals surface area contributed by atoms with Crippen molar-refractivity contribution in [3.63, 3.8) is 0 Å². The van der Waals surface area contributed by atoms with Crippen molar-refractivity contribution < 1.29 is 10.0 Å². The molecule has 2 unspecified atom stereocenters. The molecule has 1 heterocycles. The van der Waals surface area contributed by atoms with E-state index >= 15 is 0 Å². The molecule has 0 aliphatic rings. The van der Waals surface area contributed by atoms with E-state index in [4.69, 9.17) is 0 Å². The van der Waals surface area contributed by atoms with Crippen molar-refractivity contribution in [3.05, 3.63) is 22.2 Å². The van der Waals surface area contributed by atoms with Crippen LogP contribution in [-0.4, -0.2) is 34.2 Å². The molecule has 1 aromatic heterocycles. The van der Waals surface area contributed by atoms with E-state index in [2.05, 4.69) is 15.6 Å². The van der Waals surface area contributed by atoms with Crippen LogP contribution >= 0.6 is 0 Å². The molecule has 0 bridgehead atoms. The Morgan fingerprint density at radius 2 is 2.17 bits per heavy atom. The number of rotatable bonds is 6. The van der Waals surface area contributed by atoms with Crippen LogP contribution in [0.3, 0.4) is 0 Å². The van der Waals surface area contributed by atoms with Gasteiger partial charge in [0.05, 0.1) is 11.0 Å². The lowest BCUT2D eigenvalue weighted by atomic mass is 10.1. The summed E-state index contributed by atoms with van der Waals surface area (Å²) in [5, 5.41) is 25.9. The highest BCUT2D eigenvalue weighted by Crippen LogP contribution is 2.24. The molecular formula is C11H18N4O3. The molecule has 3 N–H and O–H groups in total. The zero-order valence-corrected chi connectivity index (χ0v) is 10.7. The minimum Gasteiger partial charge on any atom is -0.393 e. The average Bonchev–Trinajstić information content (AvgIpc) is 2.27. The van der Waals surface area contributed by atoms with E-state index in [0.29, 0.717) is 12.2 Å². The molecule has 100 valence electrons. The molecule has 2 atom stereocenters. The maximum Gasteiger partial charge on any atom is 0.311 e. The molecule has 0 amide bonds. The van der Waals surface area contributed by atoms with E-state index in [1.165, 1.54) is 6.07 Å². The molecular weight excluding hydrogens is 236 g/mol.